The van der Waals surface area contributed by atoms with Crippen LogP contribution in [0.3, 0.4) is 0 Å². The highest BCUT2D eigenvalue weighted by atomic mass is 16.5. The summed E-state index contributed by atoms with van der Waals surface area (Å²) in [4.78, 5) is 4.57. The lowest BCUT2D eigenvalue weighted by atomic mass is 9.99. The molecule has 0 aromatic carbocycles. The van der Waals surface area contributed by atoms with Crippen molar-refractivity contribution in [2.45, 2.75) is 18.8 Å². The molecule has 1 unspecified atom stereocenters. The monoisotopic (exact) mass is 231 g/mol. The molecule has 1 fully saturated rings. The van der Waals surface area contributed by atoms with Crippen molar-refractivity contribution in [3.63, 3.8) is 0 Å². The Morgan fingerprint density at radius 2 is 2.41 bits per heavy atom. The summed E-state index contributed by atoms with van der Waals surface area (Å²) in [6.07, 6.45) is 4.34. The van der Waals surface area contributed by atoms with Crippen molar-refractivity contribution in [1.82, 2.24) is 14.7 Å². The van der Waals surface area contributed by atoms with E-state index in [4.69, 9.17) is 4.74 Å². The molecule has 4 heteroatoms. The number of methoxy groups -OCH3 is 1. The number of nitrogens with zero attached hydrogens (tertiary/aromatic N) is 2. The lowest BCUT2D eigenvalue weighted by Gasteiger charge is -2.22. The number of aromatic nitrogens is 2. The van der Waals surface area contributed by atoms with Crippen LogP contribution in [0.2, 0.25) is 0 Å². The first-order valence-electron chi connectivity index (χ1n) is 6.11. The summed E-state index contributed by atoms with van der Waals surface area (Å²) in [5.41, 5.74) is 1.10. The summed E-state index contributed by atoms with van der Waals surface area (Å²) >= 11 is 0. The molecule has 0 amide bonds. The van der Waals surface area contributed by atoms with E-state index in [-0.39, 0.29) is 0 Å². The summed E-state index contributed by atoms with van der Waals surface area (Å²) < 4.78 is 7.54. The number of pyridine rings is 1. The lowest BCUT2D eigenvalue weighted by molar-refractivity contribution is 0.382. The second-order valence-corrected chi connectivity index (χ2v) is 4.49. The second kappa shape index (κ2) is 4.37. The van der Waals surface area contributed by atoms with Gasteiger partial charge in [0.25, 0.3) is 0 Å². The molecular weight excluding hydrogens is 214 g/mol. The minimum absolute atomic E-state index is 0.488. The fourth-order valence-corrected chi connectivity index (χ4v) is 2.56. The molecule has 1 aliphatic heterocycles. The molecule has 3 heterocycles. The molecule has 3 rings (SSSR count). The third-order valence-corrected chi connectivity index (χ3v) is 3.41. The summed E-state index contributed by atoms with van der Waals surface area (Å²) in [5.74, 6) is 2.47. The number of nitrogens with one attached hydrogen (secondary N) is 1. The van der Waals surface area contributed by atoms with Crippen LogP contribution in [-0.4, -0.2) is 29.6 Å². The van der Waals surface area contributed by atoms with Gasteiger partial charge in [-0.2, -0.15) is 0 Å². The Labute approximate surface area is 101 Å². The van der Waals surface area contributed by atoms with E-state index in [0.29, 0.717) is 5.92 Å². The van der Waals surface area contributed by atoms with Gasteiger partial charge in [-0.3, -0.25) is 4.40 Å². The van der Waals surface area contributed by atoms with Crippen LogP contribution in [0.25, 0.3) is 5.52 Å². The van der Waals surface area contributed by atoms with Crippen LogP contribution >= 0.6 is 0 Å². The third kappa shape index (κ3) is 1.78. The highest BCUT2D eigenvalue weighted by molar-refractivity contribution is 5.49. The Balaban J connectivity index is 2.09. The molecule has 2 aromatic heterocycles. The first-order chi connectivity index (χ1) is 8.40. The predicted molar refractivity (Wildman–Crippen MR) is 66.6 cm³/mol. The van der Waals surface area contributed by atoms with E-state index in [1.54, 1.807) is 7.11 Å². The van der Waals surface area contributed by atoms with Crippen LogP contribution < -0.4 is 10.1 Å². The van der Waals surface area contributed by atoms with E-state index in [2.05, 4.69) is 20.8 Å². The highest BCUT2D eigenvalue weighted by Crippen LogP contribution is 2.26. The van der Waals surface area contributed by atoms with Crippen molar-refractivity contribution >= 4 is 5.52 Å². The highest BCUT2D eigenvalue weighted by Gasteiger charge is 2.20. The maximum Gasteiger partial charge on any atom is 0.199 e. The van der Waals surface area contributed by atoms with Gasteiger partial charge in [0.2, 0.25) is 0 Å². The van der Waals surface area contributed by atoms with E-state index >= 15 is 0 Å². The molecule has 17 heavy (non-hydrogen) atoms. The zero-order chi connectivity index (χ0) is 11.7. The van der Waals surface area contributed by atoms with E-state index in [0.717, 1.165) is 30.3 Å². The van der Waals surface area contributed by atoms with E-state index < -0.39 is 0 Å². The molecule has 0 spiro atoms. The zero-order valence-electron chi connectivity index (χ0n) is 10.0. The summed E-state index contributed by atoms with van der Waals surface area (Å²) in [5, 5.41) is 3.43. The first-order valence-corrected chi connectivity index (χ1v) is 6.11. The molecule has 90 valence electrons. The van der Waals surface area contributed by atoms with Crippen molar-refractivity contribution in [2.24, 2.45) is 0 Å². The summed E-state index contributed by atoms with van der Waals surface area (Å²) in [7, 11) is 1.71. The standard InChI is InChI=1S/C13H17N3O/c1-17-12-6-2-5-11-9-15-13(16(11)12)10-4-3-7-14-8-10/h2,5-6,9-10,14H,3-4,7-8H2,1H3. The molecule has 1 N–H and O–H groups in total. The number of fused-ring (bicyclic) bond motifs is 1. The van der Waals surface area contributed by atoms with Crippen molar-refractivity contribution in [1.29, 1.82) is 0 Å². The van der Waals surface area contributed by atoms with Gasteiger partial charge in [-0.25, -0.2) is 4.98 Å². The molecule has 4 nitrogen and oxygen atoms in total. The molecule has 1 atom stereocenters. The quantitative estimate of drug-likeness (QED) is 0.856. The molecule has 0 aliphatic carbocycles. The molecule has 0 radical (unpaired) electrons. The minimum Gasteiger partial charge on any atom is -0.482 e. The summed E-state index contributed by atoms with van der Waals surface area (Å²) in [6.45, 7) is 2.13. The molecule has 2 aromatic rings. The van der Waals surface area contributed by atoms with Gasteiger partial charge in [0.05, 0.1) is 18.8 Å². The van der Waals surface area contributed by atoms with E-state index in [1.165, 1.54) is 12.8 Å². The Hall–Kier alpha value is -1.55. The Morgan fingerprint density at radius 1 is 1.47 bits per heavy atom. The SMILES string of the molecule is COc1cccc2cnc(C3CCCNC3)n12. The van der Waals surface area contributed by atoms with Crippen LogP contribution in [0.1, 0.15) is 24.6 Å². The van der Waals surface area contributed by atoms with Crippen LogP contribution in [0.4, 0.5) is 0 Å². The van der Waals surface area contributed by atoms with Gasteiger partial charge in [0, 0.05) is 12.5 Å². The van der Waals surface area contributed by atoms with Crippen LogP contribution in [0.15, 0.2) is 24.4 Å². The van der Waals surface area contributed by atoms with Crippen LogP contribution in [0.5, 0.6) is 5.88 Å². The lowest BCUT2D eigenvalue weighted by Crippen LogP contribution is -2.29. The first kappa shape index (κ1) is 10.6. The third-order valence-electron chi connectivity index (χ3n) is 3.41. The number of rotatable bonds is 2. The van der Waals surface area contributed by atoms with Gasteiger partial charge >= 0.3 is 0 Å². The van der Waals surface area contributed by atoms with Gasteiger partial charge < -0.3 is 10.1 Å². The molecule has 1 saturated heterocycles. The predicted octanol–water partition coefficient (Wildman–Crippen LogP) is 1.81. The Kier molecular flexibility index (Phi) is 2.73. The maximum absolute atomic E-state index is 5.42. The normalized spacial score (nSPS) is 20.6. The van der Waals surface area contributed by atoms with Gasteiger partial charge in [-0.05, 0) is 31.5 Å². The van der Waals surface area contributed by atoms with Gasteiger partial charge in [-0.15, -0.1) is 0 Å². The number of hydrogen-bond donors (Lipinski definition) is 1. The van der Waals surface area contributed by atoms with Crippen molar-refractivity contribution in [3.8, 4) is 5.88 Å². The van der Waals surface area contributed by atoms with E-state index in [9.17, 15) is 0 Å². The molecular formula is C13H17N3O. The number of imidazole rings is 1. The number of hydrogen-bond acceptors (Lipinski definition) is 3. The second-order valence-electron chi connectivity index (χ2n) is 4.49. The largest absolute Gasteiger partial charge is 0.482 e. The van der Waals surface area contributed by atoms with Crippen molar-refractivity contribution in [3.05, 3.63) is 30.2 Å². The zero-order valence-corrected chi connectivity index (χ0v) is 10.0. The van der Waals surface area contributed by atoms with Gasteiger partial charge in [0.1, 0.15) is 5.82 Å². The molecule has 0 saturated carbocycles. The fourth-order valence-electron chi connectivity index (χ4n) is 2.56. The van der Waals surface area contributed by atoms with Crippen LogP contribution in [-0.2, 0) is 0 Å². The minimum atomic E-state index is 0.488. The van der Waals surface area contributed by atoms with E-state index in [1.807, 2.05) is 18.3 Å². The Bertz CT molecular complexity index is 514. The average molecular weight is 231 g/mol. The smallest absolute Gasteiger partial charge is 0.199 e. The fraction of sp³-hybridized carbons (Fsp3) is 0.462. The number of ether oxygens (including phenoxy) is 1. The van der Waals surface area contributed by atoms with Crippen molar-refractivity contribution < 1.29 is 4.74 Å². The average Bonchev–Trinajstić information content (AvgIpc) is 2.83. The topological polar surface area (TPSA) is 38.6 Å². The van der Waals surface area contributed by atoms with Gasteiger partial charge in [-0.1, -0.05) is 6.07 Å². The van der Waals surface area contributed by atoms with Crippen LogP contribution in [0, 0.1) is 0 Å². The summed E-state index contributed by atoms with van der Waals surface area (Å²) in [6, 6.07) is 6.04. The Morgan fingerprint density at radius 3 is 3.18 bits per heavy atom. The van der Waals surface area contributed by atoms with Gasteiger partial charge in [0.15, 0.2) is 5.88 Å². The molecule has 0 bridgehead atoms. The number of piperidine rings is 1. The molecule has 1 aliphatic rings. The maximum atomic E-state index is 5.42. The van der Waals surface area contributed by atoms with Crippen molar-refractivity contribution in [2.75, 3.05) is 20.2 Å².